The van der Waals surface area contributed by atoms with Crippen molar-refractivity contribution in [3.8, 4) is 0 Å². The Bertz CT molecular complexity index is 1470. The lowest BCUT2D eigenvalue weighted by molar-refractivity contribution is -0.163. The predicted octanol–water partition coefficient (Wildman–Crippen LogP) is 4.62. The number of alkyl halides is 2. The largest absolute Gasteiger partial charge is 0.463 e. The molecule has 2 fully saturated rings. The van der Waals surface area contributed by atoms with E-state index in [1.165, 1.54) is 22.3 Å². The van der Waals surface area contributed by atoms with E-state index in [1.54, 1.807) is 70.2 Å². The highest BCUT2D eigenvalue weighted by atomic mass is 32.1. The fourth-order valence-electron chi connectivity index (χ4n) is 6.28. The summed E-state index contributed by atoms with van der Waals surface area (Å²) in [5.41, 5.74) is 0.504. The van der Waals surface area contributed by atoms with Gasteiger partial charge in [-0.05, 0) is 65.2 Å². The van der Waals surface area contributed by atoms with Gasteiger partial charge < -0.3 is 14.8 Å². The lowest BCUT2D eigenvalue weighted by Crippen LogP contribution is -2.52. The van der Waals surface area contributed by atoms with Gasteiger partial charge in [0.05, 0.1) is 24.8 Å². The minimum atomic E-state index is -3.14. The minimum absolute atomic E-state index is 0.0468. The molecule has 1 unspecified atom stereocenters. The highest BCUT2D eigenvalue weighted by Gasteiger charge is 2.61. The maximum Gasteiger partial charge on any atom is 0.338 e. The third-order valence-electron chi connectivity index (χ3n) is 8.19. The number of carbonyl (C=O) groups is 2. The van der Waals surface area contributed by atoms with Gasteiger partial charge in [0.15, 0.2) is 10.8 Å². The van der Waals surface area contributed by atoms with E-state index in [0.717, 1.165) is 0 Å². The van der Waals surface area contributed by atoms with Crippen molar-refractivity contribution in [2.75, 3.05) is 26.2 Å². The zero-order valence-corrected chi connectivity index (χ0v) is 26.5. The van der Waals surface area contributed by atoms with Gasteiger partial charge in [-0.3, -0.25) is 19.6 Å². The Morgan fingerprint density at radius 3 is 2.68 bits per heavy atom. The topological polar surface area (TPSA) is 96.4 Å². The maximum atomic E-state index is 15.8. The summed E-state index contributed by atoms with van der Waals surface area (Å²) in [6.07, 6.45) is 2.01. The summed E-state index contributed by atoms with van der Waals surface area (Å²) in [7, 11) is 0. The van der Waals surface area contributed by atoms with E-state index in [9.17, 15) is 14.0 Å². The molecule has 2 saturated heterocycles. The Hall–Kier alpha value is -3.29. The Balaban J connectivity index is 1.52. The van der Waals surface area contributed by atoms with Gasteiger partial charge >= 0.3 is 11.9 Å². The Labute approximate surface area is 259 Å². The normalized spacial score (nSPS) is 24.5. The average molecular weight is 634 g/mol. The van der Waals surface area contributed by atoms with Crippen molar-refractivity contribution in [3.05, 3.63) is 63.0 Å². The van der Waals surface area contributed by atoms with Crippen molar-refractivity contribution >= 4 is 29.1 Å². The second-order valence-corrected chi connectivity index (χ2v) is 13.2. The molecule has 4 heterocycles. The lowest BCUT2D eigenvalue weighted by Gasteiger charge is -2.33. The van der Waals surface area contributed by atoms with Gasteiger partial charge in [-0.2, -0.15) is 0 Å². The van der Waals surface area contributed by atoms with Gasteiger partial charge in [0.1, 0.15) is 23.5 Å². The number of halogens is 3. The summed E-state index contributed by atoms with van der Waals surface area (Å²) in [5, 5.41) is 5.51. The third kappa shape index (κ3) is 6.27. The van der Waals surface area contributed by atoms with Crippen LogP contribution in [0.4, 0.5) is 13.2 Å². The van der Waals surface area contributed by atoms with Crippen molar-refractivity contribution in [1.82, 2.24) is 20.1 Å². The van der Waals surface area contributed by atoms with Crippen LogP contribution >= 0.6 is 11.3 Å². The molecule has 1 aromatic heterocycles. The first-order chi connectivity index (χ1) is 20.7. The molecular formula is C31H38F3N5O4S. The van der Waals surface area contributed by atoms with Crippen LogP contribution < -0.4 is 5.32 Å². The molecule has 0 spiro atoms. The molecule has 2 aromatic rings. The number of aliphatic imine (C=N–C) groups is 1. The van der Waals surface area contributed by atoms with Crippen LogP contribution in [0.1, 0.15) is 63.2 Å². The smallest absolute Gasteiger partial charge is 0.338 e. The molecule has 0 amide bonds. The molecule has 44 heavy (non-hydrogen) atoms. The summed E-state index contributed by atoms with van der Waals surface area (Å²) < 4.78 is 57.3. The number of esters is 2. The van der Waals surface area contributed by atoms with E-state index in [2.05, 4.69) is 10.3 Å². The number of fused-ring (bicyclic) bond motifs is 1. The number of hydrogen-bond donors (Lipinski definition) is 1. The number of rotatable bonds is 8. The van der Waals surface area contributed by atoms with Gasteiger partial charge in [-0.1, -0.05) is 12.1 Å². The molecule has 4 atom stereocenters. The molecule has 9 nitrogen and oxygen atoms in total. The predicted molar refractivity (Wildman–Crippen MR) is 160 cm³/mol. The Morgan fingerprint density at radius 2 is 2.02 bits per heavy atom. The fraction of sp³-hybridized carbons (Fsp3) is 0.548. The molecule has 0 radical (unpaired) electrons. The van der Waals surface area contributed by atoms with Crippen LogP contribution in [0.3, 0.4) is 0 Å². The van der Waals surface area contributed by atoms with Crippen molar-refractivity contribution < 1.29 is 32.2 Å². The molecule has 1 aromatic carbocycles. The van der Waals surface area contributed by atoms with Gasteiger partial charge in [-0.25, -0.2) is 22.9 Å². The van der Waals surface area contributed by atoms with E-state index >= 15 is 8.78 Å². The number of amidine groups is 1. The van der Waals surface area contributed by atoms with E-state index in [0.29, 0.717) is 34.1 Å². The first-order valence-electron chi connectivity index (χ1n) is 14.7. The molecule has 5 rings (SSSR count). The lowest BCUT2D eigenvalue weighted by atomic mass is 9.92. The molecule has 3 aliphatic heterocycles. The molecule has 238 valence electrons. The van der Waals surface area contributed by atoms with Crippen LogP contribution in [0.25, 0.3) is 0 Å². The molecule has 0 aliphatic carbocycles. The highest BCUT2D eigenvalue weighted by Crippen LogP contribution is 2.44. The molecular weight excluding hydrogens is 595 g/mol. The number of nitrogens with one attached hydrogen (secondary N) is 1. The first kappa shape index (κ1) is 32.1. The van der Waals surface area contributed by atoms with Gasteiger partial charge in [0.25, 0.3) is 5.92 Å². The summed E-state index contributed by atoms with van der Waals surface area (Å²) in [5.74, 6) is -4.46. The molecule has 0 saturated carbocycles. The standard InChI is InChI=1S/C31H38F3N5O4S/c1-7-42-29(41)23-21(36-26(27-35-12-14-44-27)37-24(23)19-9-8-10-20(32)17(19)2)15-38-16-31(33,34)25-22(38)11-13-39(25)18(3)28(40)43-30(4,5)6/h8-10,12,14,18,22,24-25H,7,11,13,15-16H2,1-6H3,(H,36,37)/t18?,22-,24-,25+/m0/s1. The van der Waals surface area contributed by atoms with Gasteiger partial charge in [0, 0.05) is 36.4 Å². The monoisotopic (exact) mass is 633 g/mol. The highest BCUT2D eigenvalue weighted by molar-refractivity contribution is 7.11. The van der Waals surface area contributed by atoms with Crippen molar-refractivity contribution in [2.45, 2.75) is 83.7 Å². The second-order valence-electron chi connectivity index (χ2n) is 12.3. The van der Waals surface area contributed by atoms with Crippen molar-refractivity contribution in [3.63, 3.8) is 0 Å². The van der Waals surface area contributed by atoms with Crippen molar-refractivity contribution in [1.29, 1.82) is 0 Å². The number of hydrogen-bond acceptors (Lipinski definition) is 10. The Kier molecular flexibility index (Phi) is 8.94. The minimum Gasteiger partial charge on any atom is -0.463 e. The van der Waals surface area contributed by atoms with Crippen molar-refractivity contribution in [2.24, 2.45) is 4.99 Å². The van der Waals surface area contributed by atoms with Crippen LogP contribution in [-0.2, 0) is 19.1 Å². The summed E-state index contributed by atoms with van der Waals surface area (Å²) in [6, 6.07) is 0.952. The zero-order chi connectivity index (χ0) is 32.0. The van der Waals surface area contributed by atoms with E-state index < -0.39 is 60.0 Å². The third-order valence-corrected chi connectivity index (χ3v) is 8.97. The van der Waals surface area contributed by atoms with E-state index in [-0.39, 0.29) is 25.3 Å². The number of carbonyl (C=O) groups excluding carboxylic acids is 2. The van der Waals surface area contributed by atoms with Gasteiger partial charge in [-0.15, -0.1) is 11.3 Å². The Morgan fingerprint density at radius 1 is 1.27 bits per heavy atom. The van der Waals surface area contributed by atoms with Crippen LogP contribution in [0.2, 0.25) is 0 Å². The SMILES string of the molecule is CCOC(=O)C1=C(CN2CC(F)(F)[C@H]3[C@@H]2CCN3C(C)C(=O)OC(C)(C)C)NC(c2nccs2)=N[C@H]1c1cccc(F)c1C. The van der Waals surface area contributed by atoms with E-state index in [1.807, 2.05) is 0 Å². The number of benzene rings is 1. The first-order valence-corrected chi connectivity index (χ1v) is 15.6. The second kappa shape index (κ2) is 12.2. The summed E-state index contributed by atoms with van der Waals surface area (Å²) in [4.78, 5) is 38.7. The van der Waals surface area contributed by atoms with Crippen LogP contribution in [0, 0.1) is 12.7 Å². The number of thiazole rings is 1. The average Bonchev–Trinajstić information content (AvgIpc) is 3.68. The quantitative estimate of drug-likeness (QED) is 0.421. The molecule has 0 bridgehead atoms. The maximum absolute atomic E-state index is 15.8. The number of nitrogens with zero attached hydrogens (tertiary/aromatic N) is 4. The summed E-state index contributed by atoms with van der Waals surface area (Å²) in [6.45, 7) is 9.85. The number of likely N-dealkylation sites (tertiary alicyclic amines) is 2. The molecule has 3 aliphatic rings. The van der Waals surface area contributed by atoms with Crippen LogP contribution in [-0.4, -0.2) is 88.4 Å². The van der Waals surface area contributed by atoms with Crippen LogP contribution in [0.5, 0.6) is 0 Å². The molecule has 1 N–H and O–H groups in total. The summed E-state index contributed by atoms with van der Waals surface area (Å²) >= 11 is 1.32. The number of ether oxygens (including phenoxy) is 2. The van der Waals surface area contributed by atoms with E-state index in [4.69, 9.17) is 14.5 Å². The van der Waals surface area contributed by atoms with Crippen LogP contribution in [0.15, 0.2) is 46.0 Å². The fourth-order valence-corrected chi connectivity index (χ4v) is 6.87. The zero-order valence-electron chi connectivity index (χ0n) is 25.7. The number of aromatic nitrogens is 1. The molecule has 13 heteroatoms. The van der Waals surface area contributed by atoms with Gasteiger partial charge in [0.2, 0.25) is 0 Å².